The molecule has 0 aliphatic rings. The fourth-order valence-electron chi connectivity index (χ4n) is 1.73. The number of thiocarbonyl (C=S) groups is 1. The average molecular weight is 403 g/mol. The highest BCUT2D eigenvalue weighted by atomic mass is 35.5. The monoisotopic (exact) mass is 401 g/mol. The molecular weight excluding hydrogens is 395 g/mol. The molecule has 2 rings (SSSR count). The molecule has 24 heavy (non-hydrogen) atoms. The Morgan fingerprint density at radius 1 is 0.958 bits per heavy atom. The van der Waals surface area contributed by atoms with E-state index in [1.54, 1.807) is 0 Å². The number of carboxylic acid groups (broad SMARTS) is 1. The Morgan fingerprint density at radius 3 is 2.25 bits per heavy atom. The summed E-state index contributed by atoms with van der Waals surface area (Å²) in [7, 11) is 0. The van der Waals surface area contributed by atoms with Crippen molar-refractivity contribution in [3.63, 3.8) is 0 Å². The van der Waals surface area contributed by atoms with Gasteiger partial charge in [-0.3, -0.25) is 10.1 Å². The molecule has 2 aromatic rings. The highest BCUT2D eigenvalue weighted by molar-refractivity contribution is 7.80. The number of nitrogens with one attached hydrogen (secondary N) is 2. The fourth-order valence-corrected chi connectivity index (χ4v) is 2.44. The Labute approximate surface area is 157 Å². The molecule has 2 aromatic carbocycles. The second-order valence-electron chi connectivity index (χ2n) is 4.52. The predicted octanol–water partition coefficient (Wildman–Crippen LogP) is 3.14. The van der Waals surface area contributed by atoms with Gasteiger partial charge in [-0.05, 0) is 48.6 Å². The maximum absolute atomic E-state index is 12.1. The van der Waals surface area contributed by atoms with Gasteiger partial charge in [0.1, 0.15) is 0 Å². The first-order valence-electron chi connectivity index (χ1n) is 6.36. The summed E-state index contributed by atoms with van der Waals surface area (Å²) in [5.74, 6) is -1.92. The number of carbonyl (C=O) groups excluding carboxylic acids is 2. The molecule has 0 radical (unpaired) electrons. The molecule has 0 saturated heterocycles. The van der Waals surface area contributed by atoms with E-state index < -0.39 is 11.9 Å². The second-order valence-corrected chi connectivity index (χ2v) is 6.15. The summed E-state index contributed by atoms with van der Waals surface area (Å²) < 4.78 is 0. The Kier molecular flexibility index (Phi) is 6.01. The SMILES string of the molecule is O=C(NC(=S)Nc1ccc(Cl)c(C(=O)[O-])c1)c1ccc(Cl)c(Cl)c1. The topological polar surface area (TPSA) is 81.3 Å². The largest absolute Gasteiger partial charge is 0.545 e. The van der Waals surface area contributed by atoms with Gasteiger partial charge in [0.15, 0.2) is 5.11 Å². The Balaban J connectivity index is 2.07. The average Bonchev–Trinajstić information content (AvgIpc) is 2.51. The lowest BCUT2D eigenvalue weighted by atomic mass is 10.2. The van der Waals surface area contributed by atoms with Crippen LogP contribution in [0.1, 0.15) is 20.7 Å². The third-order valence-electron chi connectivity index (χ3n) is 2.85. The molecule has 0 unspecified atom stereocenters. The Hall–Kier alpha value is -1.86. The number of halogens is 3. The van der Waals surface area contributed by atoms with Crippen molar-refractivity contribution in [1.29, 1.82) is 0 Å². The summed E-state index contributed by atoms with van der Waals surface area (Å²) in [4.78, 5) is 23.0. The van der Waals surface area contributed by atoms with Crippen LogP contribution in [0.3, 0.4) is 0 Å². The fraction of sp³-hybridized carbons (Fsp3) is 0. The van der Waals surface area contributed by atoms with E-state index in [1.807, 2.05) is 0 Å². The summed E-state index contributed by atoms with van der Waals surface area (Å²) in [5, 5.41) is 16.6. The smallest absolute Gasteiger partial charge is 0.257 e. The van der Waals surface area contributed by atoms with Crippen LogP contribution >= 0.6 is 47.0 Å². The van der Waals surface area contributed by atoms with Gasteiger partial charge in [0.25, 0.3) is 5.91 Å². The van der Waals surface area contributed by atoms with Gasteiger partial charge < -0.3 is 15.2 Å². The normalized spacial score (nSPS) is 10.1. The van der Waals surface area contributed by atoms with Crippen LogP contribution in [-0.4, -0.2) is 17.0 Å². The number of rotatable bonds is 3. The minimum Gasteiger partial charge on any atom is -0.545 e. The van der Waals surface area contributed by atoms with Gasteiger partial charge in [0.2, 0.25) is 0 Å². The van der Waals surface area contributed by atoms with Gasteiger partial charge in [0, 0.05) is 21.8 Å². The molecule has 0 aliphatic heterocycles. The molecule has 9 heteroatoms. The van der Waals surface area contributed by atoms with E-state index in [9.17, 15) is 14.7 Å². The molecule has 0 spiro atoms. The van der Waals surface area contributed by atoms with Crippen LogP contribution in [0.4, 0.5) is 5.69 Å². The van der Waals surface area contributed by atoms with Gasteiger partial charge in [-0.1, -0.05) is 34.8 Å². The molecule has 0 heterocycles. The van der Waals surface area contributed by atoms with Crippen molar-refractivity contribution in [2.24, 2.45) is 0 Å². The number of hydrogen-bond acceptors (Lipinski definition) is 4. The van der Waals surface area contributed by atoms with Crippen LogP contribution < -0.4 is 15.7 Å². The quantitative estimate of drug-likeness (QED) is 0.771. The van der Waals surface area contributed by atoms with E-state index in [2.05, 4.69) is 10.6 Å². The molecule has 0 atom stereocenters. The zero-order valence-electron chi connectivity index (χ0n) is 11.7. The lowest BCUT2D eigenvalue weighted by Crippen LogP contribution is -2.34. The van der Waals surface area contributed by atoms with Crippen molar-refractivity contribution in [2.75, 3.05) is 5.32 Å². The highest BCUT2D eigenvalue weighted by Crippen LogP contribution is 2.23. The number of hydrogen-bond donors (Lipinski definition) is 2. The first-order valence-corrected chi connectivity index (χ1v) is 7.90. The molecule has 0 aliphatic carbocycles. The number of carbonyl (C=O) groups is 2. The zero-order chi connectivity index (χ0) is 17.9. The number of amides is 1. The van der Waals surface area contributed by atoms with Gasteiger partial charge >= 0.3 is 0 Å². The van der Waals surface area contributed by atoms with Crippen molar-refractivity contribution >= 4 is 69.7 Å². The van der Waals surface area contributed by atoms with Crippen molar-refractivity contribution in [3.8, 4) is 0 Å². The van der Waals surface area contributed by atoms with Crippen LogP contribution in [0.2, 0.25) is 15.1 Å². The highest BCUT2D eigenvalue weighted by Gasteiger charge is 2.11. The summed E-state index contributed by atoms with van der Waals surface area (Å²) in [5.41, 5.74) is 0.401. The second kappa shape index (κ2) is 7.81. The van der Waals surface area contributed by atoms with E-state index in [-0.39, 0.29) is 26.3 Å². The van der Waals surface area contributed by atoms with Crippen molar-refractivity contribution in [2.45, 2.75) is 0 Å². The number of anilines is 1. The lowest BCUT2D eigenvalue weighted by Gasteiger charge is -2.12. The van der Waals surface area contributed by atoms with Crippen LogP contribution in [0, 0.1) is 0 Å². The van der Waals surface area contributed by atoms with Gasteiger partial charge in [0.05, 0.1) is 16.0 Å². The van der Waals surface area contributed by atoms with Crippen LogP contribution in [0.25, 0.3) is 0 Å². The van der Waals surface area contributed by atoms with Crippen molar-refractivity contribution in [3.05, 3.63) is 62.6 Å². The van der Waals surface area contributed by atoms with E-state index in [4.69, 9.17) is 47.0 Å². The molecule has 1 amide bonds. The Morgan fingerprint density at radius 2 is 1.62 bits per heavy atom. The van der Waals surface area contributed by atoms with Gasteiger partial charge in [-0.2, -0.15) is 0 Å². The number of carboxylic acids is 1. The molecule has 124 valence electrons. The van der Waals surface area contributed by atoms with E-state index in [1.165, 1.54) is 36.4 Å². The third-order valence-corrected chi connectivity index (χ3v) is 4.13. The van der Waals surface area contributed by atoms with E-state index >= 15 is 0 Å². The maximum atomic E-state index is 12.1. The number of benzene rings is 2. The minimum absolute atomic E-state index is 0.0299. The maximum Gasteiger partial charge on any atom is 0.257 e. The zero-order valence-corrected chi connectivity index (χ0v) is 14.8. The summed E-state index contributed by atoms with van der Waals surface area (Å²) in [6.45, 7) is 0. The molecule has 0 saturated carbocycles. The third kappa shape index (κ3) is 4.58. The van der Waals surface area contributed by atoms with Crippen LogP contribution in [0.5, 0.6) is 0 Å². The van der Waals surface area contributed by atoms with E-state index in [0.717, 1.165) is 0 Å². The first kappa shape index (κ1) is 18.5. The van der Waals surface area contributed by atoms with Gasteiger partial charge in [-0.25, -0.2) is 0 Å². The summed E-state index contributed by atoms with van der Waals surface area (Å²) in [6, 6.07) is 8.50. The first-order chi connectivity index (χ1) is 11.3. The molecule has 0 fully saturated rings. The summed E-state index contributed by atoms with van der Waals surface area (Å²) in [6.07, 6.45) is 0. The molecule has 0 aromatic heterocycles. The van der Waals surface area contributed by atoms with Crippen molar-refractivity contribution < 1.29 is 14.7 Å². The summed E-state index contributed by atoms with van der Waals surface area (Å²) >= 11 is 22.4. The Bertz CT molecular complexity index is 843. The predicted molar refractivity (Wildman–Crippen MR) is 95.9 cm³/mol. The van der Waals surface area contributed by atoms with Gasteiger partial charge in [-0.15, -0.1) is 0 Å². The molecule has 0 bridgehead atoms. The lowest BCUT2D eigenvalue weighted by molar-refractivity contribution is -0.255. The standard InChI is InChI=1S/C15H9Cl3N2O3S/c16-10-4-2-8(6-9(10)14(22)23)19-15(24)20-13(21)7-1-3-11(17)12(18)5-7/h1-6H,(H,22,23)(H2,19,20,21,24)/p-1. The molecular formula is C15H8Cl3N2O3S-. The molecule has 5 nitrogen and oxygen atoms in total. The van der Waals surface area contributed by atoms with Crippen molar-refractivity contribution in [1.82, 2.24) is 5.32 Å². The molecule has 2 N–H and O–H groups in total. The number of aromatic carboxylic acids is 1. The van der Waals surface area contributed by atoms with E-state index in [0.29, 0.717) is 10.7 Å². The van der Waals surface area contributed by atoms with Crippen LogP contribution in [-0.2, 0) is 0 Å². The van der Waals surface area contributed by atoms with Crippen LogP contribution in [0.15, 0.2) is 36.4 Å². The minimum atomic E-state index is -1.42.